The Balaban J connectivity index is 0.000000989. The van der Waals surface area contributed by atoms with Crippen LogP contribution < -0.4 is 9.47 Å². The van der Waals surface area contributed by atoms with E-state index in [2.05, 4.69) is 6.58 Å². The van der Waals surface area contributed by atoms with Gasteiger partial charge in [-0.25, -0.2) is 0 Å². The van der Waals surface area contributed by atoms with Crippen LogP contribution in [0.1, 0.15) is 50.5 Å². The summed E-state index contributed by atoms with van der Waals surface area (Å²) in [7, 11) is 1.58. The Bertz CT molecular complexity index is 793. The summed E-state index contributed by atoms with van der Waals surface area (Å²) in [5.74, 6) is 1.18. The number of amides is 1. The third kappa shape index (κ3) is 11.9. The molecule has 2 aromatic carbocycles. The van der Waals surface area contributed by atoms with Gasteiger partial charge in [-0.3, -0.25) is 4.79 Å². The molecule has 1 saturated heterocycles. The lowest BCUT2D eigenvalue weighted by molar-refractivity contribution is 0.0302. The van der Waals surface area contributed by atoms with Gasteiger partial charge in [0.25, 0.3) is 5.91 Å². The maximum atomic E-state index is 12.5. The van der Waals surface area contributed by atoms with E-state index < -0.39 is 0 Å². The van der Waals surface area contributed by atoms with Crippen molar-refractivity contribution in [3.63, 3.8) is 0 Å². The minimum Gasteiger partial charge on any atom is -0.493 e. The fraction of sp³-hybridized carbons (Fsp3) is 0.393. The largest absolute Gasteiger partial charge is 0.493 e. The topological polar surface area (TPSA) is 48.0 Å². The lowest BCUT2D eigenvalue weighted by Crippen LogP contribution is -2.40. The smallest absolute Gasteiger partial charge is 0.254 e. The summed E-state index contributed by atoms with van der Waals surface area (Å²) in [6.07, 6.45) is 5.75. The predicted molar refractivity (Wildman–Crippen MR) is 138 cm³/mol. The van der Waals surface area contributed by atoms with Gasteiger partial charge in [-0.1, -0.05) is 62.4 Å². The maximum absolute atomic E-state index is 12.5. The number of hydrogen-bond donors (Lipinski definition) is 0. The maximum Gasteiger partial charge on any atom is 0.254 e. The van der Waals surface area contributed by atoms with Gasteiger partial charge in [0, 0.05) is 18.7 Å². The van der Waals surface area contributed by atoms with Gasteiger partial charge in [-0.05, 0) is 44.5 Å². The summed E-state index contributed by atoms with van der Waals surface area (Å²) >= 11 is 0. The average molecular weight is 456 g/mol. The van der Waals surface area contributed by atoms with Gasteiger partial charge in [0.1, 0.15) is 6.61 Å². The highest BCUT2D eigenvalue weighted by molar-refractivity contribution is 5.95. The lowest BCUT2D eigenvalue weighted by atomic mass is 10.1. The van der Waals surface area contributed by atoms with Crippen LogP contribution in [0.4, 0.5) is 0 Å². The highest BCUT2D eigenvalue weighted by Gasteiger charge is 2.20. The second-order valence-electron chi connectivity index (χ2n) is 6.62. The van der Waals surface area contributed by atoms with Crippen LogP contribution in [0.15, 0.2) is 73.3 Å². The molecule has 5 nitrogen and oxygen atoms in total. The fourth-order valence-electron chi connectivity index (χ4n) is 2.60. The number of nitrogens with zero attached hydrogens (tertiary/aromatic N) is 1. The van der Waals surface area contributed by atoms with Gasteiger partial charge in [0.2, 0.25) is 0 Å². The van der Waals surface area contributed by atoms with Gasteiger partial charge in [-0.15, -0.1) is 6.58 Å². The standard InChI is InChI=1S/C19H21NO4.C4H8.C3H6.C2H6/c1-22-18-13-16(19(21)20-9-11-23-12-10-20)7-8-17(18)24-14-15-5-3-2-4-6-15;1-3-4-2;1-3-2;1-2/h2-8,13H,9-12,14H2,1H3;3-4H,1-2H3;3H,1H2,2H3;1-2H3/b;4-3-;;. The fourth-order valence-corrected chi connectivity index (χ4v) is 2.60. The molecule has 0 radical (unpaired) electrons. The molecule has 0 N–H and O–H groups in total. The summed E-state index contributed by atoms with van der Waals surface area (Å²) in [4.78, 5) is 14.3. The Morgan fingerprint density at radius 2 is 1.58 bits per heavy atom. The first kappa shape index (κ1) is 30.0. The zero-order chi connectivity index (χ0) is 24.9. The predicted octanol–water partition coefficient (Wildman–Crippen LogP) is 6.55. The van der Waals surface area contributed by atoms with Crippen LogP contribution in [-0.2, 0) is 11.3 Å². The van der Waals surface area contributed by atoms with Gasteiger partial charge in [0.15, 0.2) is 11.5 Å². The van der Waals surface area contributed by atoms with E-state index in [9.17, 15) is 4.79 Å². The zero-order valence-electron chi connectivity index (χ0n) is 21.2. The van der Waals surface area contributed by atoms with Gasteiger partial charge in [0.05, 0.1) is 20.3 Å². The number of ether oxygens (including phenoxy) is 3. The van der Waals surface area contributed by atoms with Crippen molar-refractivity contribution in [2.75, 3.05) is 33.4 Å². The van der Waals surface area contributed by atoms with Crippen molar-refractivity contribution in [1.29, 1.82) is 0 Å². The van der Waals surface area contributed by atoms with Crippen molar-refractivity contribution in [2.24, 2.45) is 0 Å². The van der Waals surface area contributed by atoms with E-state index in [1.54, 1.807) is 36.3 Å². The van der Waals surface area contributed by atoms with Crippen LogP contribution in [0.2, 0.25) is 0 Å². The first-order valence-corrected chi connectivity index (χ1v) is 11.5. The van der Waals surface area contributed by atoms with Crippen LogP contribution in [-0.4, -0.2) is 44.2 Å². The van der Waals surface area contributed by atoms with Crippen LogP contribution in [0.25, 0.3) is 0 Å². The number of rotatable bonds is 5. The molecule has 5 heteroatoms. The van der Waals surface area contributed by atoms with E-state index in [0.29, 0.717) is 50.0 Å². The van der Waals surface area contributed by atoms with E-state index in [1.807, 2.05) is 77.1 Å². The number of hydrogen-bond acceptors (Lipinski definition) is 4. The van der Waals surface area contributed by atoms with E-state index in [1.165, 1.54) is 0 Å². The Morgan fingerprint density at radius 1 is 1.00 bits per heavy atom. The summed E-state index contributed by atoms with van der Waals surface area (Å²) < 4.78 is 16.5. The van der Waals surface area contributed by atoms with Crippen molar-refractivity contribution in [3.8, 4) is 11.5 Å². The number of morpholine rings is 1. The average Bonchev–Trinajstić information content (AvgIpc) is 2.90. The van der Waals surface area contributed by atoms with E-state index in [0.717, 1.165) is 5.56 Å². The second-order valence-corrected chi connectivity index (χ2v) is 6.62. The quantitative estimate of drug-likeness (QED) is 0.480. The molecule has 0 aromatic heterocycles. The third-order valence-corrected chi connectivity index (χ3v) is 4.28. The number of methoxy groups -OCH3 is 1. The van der Waals surface area contributed by atoms with Crippen LogP contribution in [0, 0.1) is 0 Å². The highest BCUT2D eigenvalue weighted by Crippen LogP contribution is 2.29. The first-order chi connectivity index (χ1) is 16.1. The summed E-state index contributed by atoms with van der Waals surface area (Å²) in [5, 5.41) is 0. The first-order valence-electron chi connectivity index (χ1n) is 11.5. The number of allylic oxidation sites excluding steroid dienone is 3. The summed E-state index contributed by atoms with van der Waals surface area (Å²) in [5.41, 5.74) is 1.67. The molecular weight excluding hydrogens is 414 g/mol. The normalized spacial score (nSPS) is 12.1. The molecule has 0 aliphatic carbocycles. The molecular formula is C28H41NO4. The molecule has 0 atom stereocenters. The molecule has 0 spiro atoms. The molecule has 1 heterocycles. The third-order valence-electron chi connectivity index (χ3n) is 4.28. The Kier molecular flexibility index (Phi) is 17.8. The molecule has 33 heavy (non-hydrogen) atoms. The zero-order valence-corrected chi connectivity index (χ0v) is 21.2. The number of carbonyl (C=O) groups excluding carboxylic acids is 1. The molecule has 1 fully saturated rings. The number of benzene rings is 2. The Hall–Kier alpha value is -3.05. The molecule has 3 rings (SSSR count). The van der Waals surface area contributed by atoms with Crippen molar-refractivity contribution in [1.82, 2.24) is 4.90 Å². The van der Waals surface area contributed by atoms with Crippen molar-refractivity contribution >= 4 is 5.91 Å². The SMILES string of the molecule is C/C=C\C.C=CC.CC.COc1cc(C(=O)N2CCOCC2)ccc1OCc1ccccc1. The molecule has 0 unspecified atom stereocenters. The monoisotopic (exact) mass is 455 g/mol. The molecule has 1 aliphatic heterocycles. The molecule has 0 saturated carbocycles. The van der Waals surface area contributed by atoms with Crippen molar-refractivity contribution in [3.05, 3.63) is 84.5 Å². The summed E-state index contributed by atoms with van der Waals surface area (Å²) in [6, 6.07) is 15.2. The molecule has 2 aromatic rings. The Labute approximate surface area is 200 Å². The van der Waals surface area contributed by atoms with Gasteiger partial charge < -0.3 is 19.1 Å². The lowest BCUT2D eigenvalue weighted by Gasteiger charge is -2.27. The number of carbonyl (C=O) groups is 1. The van der Waals surface area contributed by atoms with Crippen LogP contribution in [0.5, 0.6) is 11.5 Å². The van der Waals surface area contributed by atoms with E-state index in [4.69, 9.17) is 14.2 Å². The van der Waals surface area contributed by atoms with Crippen molar-refractivity contribution < 1.29 is 19.0 Å². The molecule has 1 aliphatic rings. The molecule has 1 amide bonds. The van der Waals surface area contributed by atoms with Crippen LogP contribution in [0.3, 0.4) is 0 Å². The van der Waals surface area contributed by atoms with Crippen LogP contribution >= 0.6 is 0 Å². The Morgan fingerprint density at radius 3 is 2.09 bits per heavy atom. The van der Waals surface area contributed by atoms with Gasteiger partial charge >= 0.3 is 0 Å². The van der Waals surface area contributed by atoms with E-state index >= 15 is 0 Å². The highest BCUT2D eigenvalue weighted by atomic mass is 16.5. The molecule has 182 valence electrons. The minimum atomic E-state index is -0.00814. The van der Waals surface area contributed by atoms with Gasteiger partial charge in [-0.2, -0.15) is 0 Å². The van der Waals surface area contributed by atoms with Crippen molar-refractivity contribution in [2.45, 2.75) is 41.2 Å². The van der Waals surface area contributed by atoms with E-state index in [-0.39, 0.29) is 5.91 Å². The summed E-state index contributed by atoms with van der Waals surface area (Å²) in [6.45, 7) is 16.1. The molecule has 0 bridgehead atoms. The minimum absolute atomic E-state index is 0.00814. The second kappa shape index (κ2) is 19.6.